The Hall–Kier alpha value is -2.29. The number of aliphatic hydroxyl groups excluding tert-OH is 1. The molecule has 4 heteroatoms. The first-order chi connectivity index (χ1) is 18.9. The second kappa shape index (κ2) is 14.0. The van der Waals surface area contributed by atoms with Crippen LogP contribution in [0.15, 0.2) is 54.3 Å². The molecule has 0 amide bonds. The summed E-state index contributed by atoms with van der Waals surface area (Å²) in [5.74, 6) is 1.60. The van der Waals surface area contributed by atoms with Gasteiger partial charge in [-0.2, -0.15) is 0 Å². The van der Waals surface area contributed by atoms with Crippen LogP contribution in [0.4, 0.5) is 0 Å². The molecule has 0 saturated heterocycles. The molecule has 1 atom stereocenters. The summed E-state index contributed by atoms with van der Waals surface area (Å²) >= 11 is 0. The average Bonchev–Trinajstić information content (AvgIpc) is 3.41. The first kappa shape index (κ1) is 35.9. The summed E-state index contributed by atoms with van der Waals surface area (Å²) in [6.45, 7) is 22.4. The fourth-order valence-corrected chi connectivity index (χ4v) is 5.15. The summed E-state index contributed by atoms with van der Waals surface area (Å²) in [5.41, 5.74) is 6.51. The van der Waals surface area contributed by atoms with Crippen molar-refractivity contribution in [3.8, 4) is 11.3 Å². The molecule has 1 N–H and O–H groups in total. The summed E-state index contributed by atoms with van der Waals surface area (Å²) in [5, 5.41) is 10.8. The molecule has 42 heavy (non-hydrogen) atoms. The molecule has 4 rings (SSSR count). The van der Waals surface area contributed by atoms with Crippen LogP contribution < -0.4 is 0 Å². The Kier molecular flexibility index (Phi) is 12.0. The maximum absolute atomic E-state index is 11.5. The van der Waals surface area contributed by atoms with E-state index in [-0.39, 0.29) is 42.5 Å². The molecule has 1 aliphatic carbocycles. The van der Waals surface area contributed by atoms with Crippen LogP contribution in [0.1, 0.15) is 118 Å². The number of rotatable bonds is 4. The number of hydrogen-bond donors (Lipinski definition) is 1. The quantitative estimate of drug-likeness (QED) is 0.164. The number of hydrogen-bond acceptors (Lipinski definition) is 3. The Labute approximate surface area is 269 Å². The first-order valence-electron chi connectivity index (χ1n) is 15.3. The van der Waals surface area contributed by atoms with Crippen molar-refractivity contribution in [1.82, 2.24) is 4.98 Å². The number of fused-ring (bicyclic) bond motifs is 1. The first-order valence-corrected chi connectivity index (χ1v) is 15.3. The molecule has 0 bridgehead atoms. The van der Waals surface area contributed by atoms with E-state index in [1.54, 1.807) is 0 Å². The molecule has 1 fully saturated rings. The van der Waals surface area contributed by atoms with Gasteiger partial charge in [0.1, 0.15) is 5.76 Å². The number of aliphatic hydroxyl groups is 1. The topological polar surface area (TPSA) is 50.2 Å². The van der Waals surface area contributed by atoms with Gasteiger partial charge in [-0.3, -0.25) is 9.78 Å². The average molecular weight is 747 g/mol. The number of carbonyl (C=O) groups excluding carboxylic acids is 1. The molecule has 0 aliphatic heterocycles. The molecule has 3 nitrogen and oxygen atoms in total. The molecule has 1 radical (unpaired) electrons. The molecule has 0 spiro atoms. The van der Waals surface area contributed by atoms with Gasteiger partial charge in [-0.05, 0) is 58.9 Å². The number of pyridine rings is 1. The number of nitrogens with zero attached hydrogens (tertiary/aromatic N) is 1. The third-order valence-corrected chi connectivity index (χ3v) is 8.27. The fraction of sp³-hybridized carbons (Fsp3) is 0.526. The molecule has 1 aliphatic rings. The van der Waals surface area contributed by atoms with Crippen LogP contribution in [0.3, 0.4) is 0 Å². The Bertz CT molecular complexity index is 1390. The van der Waals surface area contributed by atoms with Crippen LogP contribution in [0, 0.1) is 29.7 Å². The van der Waals surface area contributed by atoms with Gasteiger partial charge in [0.05, 0.1) is 5.52 Å². The van der Waals surface area contributed by atoms with Gasteiger partial charge in [-0.25, -0.2) is 0 Å². The number of aryl methyl sites for hydroxylation is 1. The number of ketones is 1. The zero-order chi connectivity index (χ0) is 30.8. The molecule has 3 aromatic rings. The Morgan fingerprint density at radius 3 is 2.10 bits per heavy atom. The van der Waals surface area contributed by atoms with Crippen LogP contribution in [-0.4, -0.2) is 15.9 Å². The summed E-state index contributed by atoms with van der Waals surface area (Å²) in [6, 6.07) is 19.2. The van der Waals surface area contributed by atoms with Crippen molar-refractivity contribution in [2.75, 3.05) is 0 Å². The van der Waals surface area contributed by atoms with Gasteiger partial charge in [0.2, 0.25) is 0 Å². The van der Waals surface area contributed by atoms with Gasteiger partial charge in [0.25, 0.3) is 0 Å². The smallest absolute Gasteiger partial charge is 0.164 e. The van der Waals surface area contributed by atoms with Crippen LogP contribution >= 0.6 is 0 Å². The van der Waals surface area contributed by atoms with Crippen molar-refractivity contribution in [3.63, 3.8) is 0 Å². The summed E-state index contributed by atoms with van der Waals surface area (Å²) < 4.78 is 0. The van der Waals surface area contributed by atoms with E-state index in [0.29, 0.717) is 5.92 Å². The van der Waals surface area contributed by atoms with Gasteiger partial charge in [-0.1, -0.05) is 107 Å². The van der Waals surface area contributed by atoms with Crippen molar-refractivity contribution < 1.29 is 30.0 Å². The number of benzene rings is 2. The molecule has 2 aromatic carbocycles. The van der Waals surface area contributed by atoms with Gasteiger partial charge < -0.3 is 5.11 Å². The zero-order valence-corrected chi connectivity index (χ0v) is 30.1. The predicted octanol–water partition coefficient (Wildman–Crippen LogP) is 10.7. The van der Waals surface area contributed by atoms with Crippen molar-refractivity contribution in [2.45, 2.75) is 113 Å². The third kappa shape index (κ3) is 9.61. The Morgan fingerprint density at radius 2 is 1.55 bits per heavy atom. The van der Waals surface area contributed by atoms with E-state index in [4.69, 9.17) is 4.98 Å². The van der Waals surface area contributed by atoms with E-state index in [9.17, 15) is 9.90 Å². The number of carbonyl (C=O) groups is 1. The van der Waals surface area contributed by atoms with E-state index in [1.807, 2.05) is 41.5 Å². The van der Waals surface area contributed by atoms with Crippen molar-refractivity contribution in [1.29, 1.82) is 0 Å². The second-order valence-electron chi connectivity index (χ2n) is 15.1. The summed E-state index contributed by atoms with van der Waals surface area (Å²) in [4.78, 5) is 16.5. The van der Waals surface area contributed by atoms with Crippen molar-refractivity contribution in [2.24, 2.45) is 16.7 Å². The molecule has 231 valence electrons. The number of aromatic nitrogens is 1. The van der Waals surface area contributed by atoms with Gasteiger partial charge in [-0.15, -0.1) is 34.9 Å². The molecule has 1 unspecified atom stereocenters. The van der Waals surface area contributed by atoms with E-state index in [1.165, 1.54) is 53.8 Å². The minimum atomic E-state index is -0.417. The Morgan fingerprint density at radius 1 is 0.929 bits per heavy atom. The van der Waals surface area contributed by atoms with Crippen molar-refractivity contribution in [3.05, 3.63) is 77.1 Å². The third-order valence-electron chi connectivity index (χ3n) is 8.27. The van der Waals surface area contributed by atoms with Crippen LogP contribution in [0.25, 0.3) is 22.2 Å². The van der Waals surface area contributed by atoms with Crippen LogP contribution in [0.5, 0.6) is 0 Å². The summed E-state index contributed by atoms with van der Waals surface area (Å²) in [6.07, 6.45) is 6.90. The molecular formula is C38H52IrNO2-. The zero-order valence-electron chi connectivity index (χ0n) is 27.7. The van der Waals surface area contributed by atoms with Gasteiger partial charge in [0.15, 0.2) is 5.78 Å². The molecule has 1 saturated carbocycles. The monoisotopic (exact) mass is 747 g/mol. The predicted molar refractivity (Wildman–Crippen MR) is 174 cm³/mol. The molecular weight excluding hydrogens is 695 g/mol. The van der Waals surface area contributed by atoms with Gasteiger partial charge >= 0.3 is 0 Å². The molecule has 1 aromatic heterocycles. The standard InChI is InChI=1S/C27H32N.C11H20O2.Ir/c1-18-14-23(17-24(15-18)27(3,4)5)26-13-11-22-16-21(10-12-25(22)28-26)19(2)20-8-6-7-9-20;1-10(2,3)8(12)7-9(13)11(4,5)6;/h10-13,15-17,19-20H,6-9H2,1-5H3;7,12H,1-6H3;/q-1;;/b;8-7-;. The van der Waals surface area contributed by atoms with E-state index >= 15 is 0 Å². The molecule has 1 heterocycles. The van der Waals surface area contributed by atoms with Crippen molar-refractivity contribution >= 4 is 16.7 Å². The maximum atomic E-state index is 11.5. The minimum Gasteiger partial charge on any atom is -0.512 e. The SMILES string of the molecule is CC(C)(C)C(=O)/C=C(\O)C(C)(C)C.Cc1[c-]c(-c2ccc3cc(C(C)C4CCCC4)ccc3n2)cc(C(C)(C)C)c1.[Ir]. The second-order valence-corrected chi connectivity index (χ2v) is 15.1. The van der Waals surface area contributed by atoms with Crippen LogP contribution in [0.2, 0.25) is 0 Å². The summed E-state index contributed by atoms with van der Waals surface area (Å²) in [7, 11) is 0. The van der Waals surface area contributed by atoms with Crippen LogP contribution in [-0.2, 0) is 30.3 Å². The largest absolute Gasteiger partial charge is 0.512 e. The Balaban J connectivity index is 0.000000377. The number of allylic oxidation sites excluding steroid dienone is 2. The van der Waals surface area contributed by atoms with E-state index in [2.05, 4.69) is 83.1 Å². The van der Waals surface area contributed by atoms with Gasteiger partial charge in [0, 0.05) is 37.0 Å². The fourth-order valence-electron chi connectivity index (χ4n) is 5.15. The normalized spacial score (nSPS) is 15.5. The van der Waals surface area contributed by atoms with E-state index < -0.39 is 5.41 Å². The van der Waals surface area contributed by atoms with E-state index in [0.717, 1.165) is 22.7 Å². The minimum absolute atomic E-state index is 0. The maximum Gasteiger partial charge on any atom is 0.164 e.